The number of nitrogens with one attached hydrogen (secondary N) is 1. The van der Waals surface area contributed by atoms with Crippen LogP contribution >= 0.6 is 15.9 Å². The molecule has 0 fully saturated rings. The Kier molecular flexibility index (Phi) is 4.29. The topological polar surface area (TPSA) is 55.1 Å². The van der Waals surface area contributed by atoms with E-state index in [0.717, 1.165) is 10.0 Å². The van der Waals surface area contributed by atoms with Gasteiger partial charge in [-0.05, 0) is 31.0 Å². The Morgan fingerprint density at radius 2 is 2.27 bits per heavy atom. The number of hydrogen-bond donors (Lipinski definition) is 2. The lowest BCUT2D eigenvalue weighted by molar-refractivity contribution is -0.119. The summed E-state index contributed by atoms with van der Waals surface area (Å²) in [6.45, 7) is 4.43. The van der Waals surface area contributed by atoms with Crippen molar-refractivity contribution in [2.24, 2.45) is 5.73 Å². The van der Waals surface area contributed by atoms with Crippen molar-refractivity contribution < 1.29 is 4.79 Å². The van der Waals surface area contributed by atoms with E-state index in [9.17, 15) is 4.79 Å². The third-order valence-corrected chi connectivity index (χ3v) is 3.13. The second-order valence-electron chi connectivity index (χ2n) is 3.59. The number of carbonyl (C=O) groups excluding carboxylic acids is 1. The van der Waals surface area contributed by atoms with Crippen LogP contribution in [0.4, 0.5) is 0 Å². The summed E-state index contributed by atoms with van der Waals surface area (Å²) in [4.78, 5) is 10.8. The maximum atomic E-state index is 10.8. The third kappa shape index (κ3) is 3.64. The molecule has 0 aromatic heterocycles. The highest BCUT2D eigenvalue weighted by molar-refractivity contribution is 9.10. The maximum absolute atomic E-state index is 10.8. The fraction of sp³-hybridized carbons (Fsp3) is 0.364. The van der Waals surface area contributed by atoms with Crippen molar-refractivity contribution in [3.63, 3.8) is 0 Å². The molecule has 0 radical (unpaired) electrons. The molecule has 0 aliphatic heterocycles. The van der Waals surface area contributed by atoms with Crippen LogP contribution in [0.15, 0.2) is 22.7 Å². The van der Waals surface area contributed by atoms with Gasteiger partial charge >= 0.3 is 0 Å². The number of amides is 1. The van der Waals surface area contributed by atoms with Gasteiger partial charge in [0.1, 0.15) is 0 Å². The molecule has 1 atom stereocenters. The molecule has 1 aromatic rings. The van der Waals surface area contributed by atoms with Crippen molar-refractivity contribution in [3.8, 4) is 0 Å². The molecule has 1 rings (SSSR count). The Morgan fingerprint density at radius 1 is 1.60 bits per heavy atom. The molecule has 15 heavy (non-hydrogen) atoms. The average molecular weight is 271 g/mol. The first kappa shape index (κ1) is 12.2. The standard InChI is InChI=1S/C11H15BrN2O/c1-7-3-4-9(5-10(7)12)6-14-8(2)11(13)15/h3-5,8,14H,6H2,1-2H3,(H2,13,15)/t8-/m0/s1. The summed E-state index contributed by atoms with van der Waals surface area (Å²) in [5.41, 5.74) is 7.46. The number of benzene rings is 1. The zero-order valence-electron chi connectivity index (χ0n) is 8.88. The molecule has 0 saturated carbocycles. The van der Waals surface area contributed by atoms with Gasteiger partial charge in [0.25, 0.3) is 0 Å². The summed E-state index contributed by atoms with van der Waals surface area (Å²) < 4.78 is 1.08. The monoisotopic (exact) mass is 270 g/mol. The summed E-state index contributed by atoms with van der Waals surface area (Å²) in [5.74, 6) is -0.332. The minimum absolute atomic E-state index is 0.301. The molecule has 3 N–H and O–H groups in total. The lowest BCUT2D eigenvalue weighted by Gasteiger charge is -2.10. The molecule has 0 heterocycles. The van der Waals surface area contributed by atoms with E-state index < -0.39 is 0 Å². The van der Waals surface area contributed by atoms with E-state index in [1.807, 2.05) is 25.1 Å². The highest BCUT2D eigenvalue weighted by Gasteiger charge is 2.07. The van der Waals surface area contributed by atoms with Crippen LogP contribution in [0.25, 0.3) is 0 Å². The van der Waals surface area contributed by atoms with Gasteiger partial charge < -0.3 is 11.1 Å². The number of nitrogens with two attached hydrogens (primary N) is 1. The van der Waals surface area contributed by atoms with Crippen LogP contribution in [0, 0.1) is 6.92 Å². The second kappa shape index (κ2) is 5.28. The quantitative estimate of drug-likeness (QED) is 0.876. The predicted molar refractivity (Wildman–Crippen MR) is 64.4 cm³/mol. The normalized spacial score (nSPS) is 12.5. The molecule has 82 valence electrons. The summed E-state index contributed by atoms with van der Waals surface area (Å²) >= 11 is 3.46. The van der Waals surface area contributed by atoms with E-state index >= 15 is 0 Å². The molecule has 0 aliphatic carbocycles. The van der Waals surface area contributed by atoms with Gasteiger partial charge in [-0.1, -0.05) is 28.1 Å². The van der Waals surface area contributed by atoms with Crippen LogP contribution in [0.3, 0.4) is 0 Å². The van der Waals surface area contributed by atoms with E-state index in [2.05, 4.69) is 21.2 Å². The van der Waals surface area contributed by atoms with E-state index in [1.165, 1.54) is 5.56 Å². The molecular weight excluding hydrogens is 256 g/mol. The minimum Gasteiger partial charge on any atom is -0.368 e. The van der Waals surface area contributed by atoms with Gasteiger partial charge in [-0.2, -0.15) is 0 Å². The first-order valence-electron chi connectivity index (χ1n) is 4.78. The average Bonchev–Trinajstić information content (AvgIpc) is 2.19. The molecule has 1 amide bonds. The lowest BCUT2D eigenvalue weighted by atomic mass is 10.1. The van der Waals surface area contributed by atoms with Crippen LogP contribution in [0.5, 0.6) is 0 Å². The Morgan fingerprint density at radius 3 is 2.80 bits per heavy atom. The largest absolute Gasteiger partial charge is 0.368 e. The van der Waals surface area contributed by atoms with Crippen LogP contribution < -0.4 is 11.1 Å². The predicted octanol–water partition coefficient (Wildman–Crippen LogP) is 1.72. The Bertz CT molecular complexity index is 366. The number of hydrogen-bond acceptors (Lipinski definition) is 2. The molecule has 3 nitrogen and oxygen atoms in total. The molecule has 4 heteroatoms. The minimum atomic E-state index is -0.332. The highest BCUT2D eigenvalue weighted by Crippen LogP contribution is 2.17. The van der Waals surface area contributed by atoms with Crippen molar-refractivity contribution in [3.05, 3.63) is 33.8 Å². The molecule has 0 aliphatic rings. The molecule has 1 aromatic carbocycles. The van der Waals surface area contributed by atoms with E-state index in [-0.39, 0.29) is 11.9 Å². The van der Waals surface area contributed by atoms with Crippen LogP contribution in [0.2, 0.25) is 0 Å². The first-order chi connectivity index (χ1) is 7.00. The number of primary amides is 1. The molecule has 0 spiro atoms. The number of rotatable bonds is 4. The molecule has 0 bridgehead atoms. The van der Waals surface area contributed by atoms with Gasteiger partial charge in [0, 0.05) is 11.0 Å². The second-order valence-corrected chi connectivity index (χ2v) is 4.44. The van der Waals surface area contributed by atoms with Crippen LogP contribution in [-0.2, 0) is 11.3 Å². The maximum Gasteiger partial charge on any atom is 0.234 e. The zero-order valence-corrected chi connectivity index (χ0v) is 10.5. The summed E-state index contributed by atoms with van der Waals surface area (Å²) in [7, 11) is 0. The van der Waals surface area contributed by atoms with Crippen molar-refractivity contribution in [2.75, 3.05) is 0 Å². The first-order valence-corrected chi connectivity index (χ1v) is 5.57. The number of halogens is 1. The summed E-state index contributed by atoms with van der Waals surface area (Å²) in [6.07, 6.45) is 0. The number of aryl methyl sites for hydroxylation is 1. The van der Waals surface area contributed by atoms with Gasteiger partial charge in [-0.15, -0.1) is 0 Å². The van der Waals surface area contributed by atoms with Crippen LogP contribution in [0.1, 0.15) is 18.1 Å². The van der Waals surface area contributed by atoms with E-state index in [0.29, 0.717) is 6.54 Å². The van der Waals surface area contributed by atoms with Gasteiger partial charge in [0.15, 0.2) is 0 Å². The summed E-state index contributed by atoms with van der Waals surface area (Å²) in [6, 6.07) is 5.80. The third-order valence-electron chi connectivity index (χ3n) is 2.28. The van der Waals surface area contributed by atoms with Crippen LogP contribution in [-0.4, -0.2) is 11.9 Å². The summed E-state index contributed by atoms with van der Waals surface area (Å²) in [5, 5.41) is 3.05. The van der Waals surface area contributed by atoms with Gasteiger partial charge in [-0.25, -0.2) is 0 Å². The van der Waals surface area contributed by atoms with E-state index in [1.54, 1.807) is 6.92 Å². The Labute approximate surface area is 98.2 Å². The number of carbonyl (C=O) groups is 1. The van der Waals surface area contributed by atoms with Crippen molar-refractivity contribution in [1.29, 1.82) is 0 Å². The van der Waals surface area contributed by atoms with Gasteiger partial charge in [0.05, 0.1) is 6.04 Å². The van der Waals surface area contributed by atoms with Crippen molar-refractivity contribution in [1.82, 2.24) is 5.32 Å². The van der Waals surface area contributed by atoms with Crippen molar-refractivity contribution in [2.45, 2.75) is 26.4 Å². The smallest absolute Gasteiger partial charge is 0.234 e. The Balaban J connectivity index is 2.58. The van der Waals surface area contributed by atoms with Crippen molar-refractivity contribution >= 4 is 21.8 Å². The fourth-order valence-electron chi connectivity index (χ4n) is 1.12. The lowest BCUT2D eigenvalue weighted by Crippen LogP contribution is -2.38. The molecular formula is C11H15BrN2O. The van der Waals surface area contributed by atoms with Gasteiger partial charge in [0.2, 0.25) is 5.91 Å². The fourth-order valence-corrected chi connectivity index (χ4v) is 1.54. The highest BCUT2D eigenvalue weighted by atomic mass is 79.9. The molecule has 0 saturated heterocycles. The Hall–Kier alpha value is -0.870. The van der Waals surface area contributed by atoms with E-state index in [4.69, 9.17) is 5.73 Å². The zero-order chi connectivity index (χ0) is 11.4. The van der Waals surface area contributed by atoms with Gasteiger partial charge in [-0.3, -0.25) is 4.79 Å². The SMILES string of the molecule is Cc1ccc(CN[C@@H](C)C(N)=O)cc1Br. The molecule has 0 unspecified atom stereocenters.